The Balaban J connectivity index is 2.34. The summed E-state index contributed by atoms with van der Waals surface area (Å²) in [5.74, 6) is 0.440. The second kappa shape index (κ2) is 4.77. The predicted octanol–water partition coefficient (Wildman–Crippen LogP) is 3.78. The van der Waals surface area contributed by atoms with Crippen molar-refractivity contribution < 1.29 is 0 Å². The maximum atomic E-state index is 6.08. The Morgan fingerprint density at radius 3 is 2.53 bits per heavy atom. The normalized spacial score (nSPS) is 10.8. The number of hydrogen-bond acceptors (Lipinski definition) is 2. The van der Waals surface area contributed by atoms with Gasteiger partial charge in [-0.05, 0) is 24.6 Å². The average molecular weight is 291 g/mol. The van der Waals surface area contributed by atoms with Crippen LogP contribution < -0.4 is 5.73 Å². The summed E-state index contributed by atoms with van der Waals surface area (Å²) in [7, 11) is 0. The maximum Gasteiger partial charge on any atom is 0.141 e. The summed E-state index contributed by atoms with van der Waals surface area (Å²) in [6.45, 7) is 2.27. The first-order valence-electron chi connectivity index (χ1n) is 4.91. The van der Waals surface area contributed by atoms with Crippen LogP contribution in [0.2, 0.25) is 15.1 Å². The molecule has 17 heavy (non-hydrogen) atoms. The third-order valence-electron chi connectivity index (χ3n) is 2.43. The van der Waals surface area contributed by atoms with Gasteiger partial charge in [0.1, 0.15) is 10.8 Å². The van der Waals surface area contributed by atoms with Gasteiger partial charge in [-0.2, -0.15) is 5.10 Å². The number of halogens is 3. The van der Waals surface area contributed by atoms with Crippen LogP contribution in [0.15, 0.2) is 18.2 Å². The van der Waals surface area contributed by atoms with E-state index in [1.807, 2.05) is 6.07 Å². The van der Waals surface area contributed by atoms with Crippen molar-refractivity contribution in [1.29, 1.82) is 0 Å². The van der Waals surface area contributed by atoms with E-state index in [9.17, 15) is 0 Å². The summed E-state index contributed by atoms with van der Waals surface area (Å²) in [5, 5.41) is 5.90. The molecule has 1 aromatic carbocycles. The van der Waals surface area contributed by atoms with Gasteiger partial charge < -0.3 is 5.73 Å². The molecule has 3 nitrogen and oxygen atoms in total. The zero-order chi connectivity index (χ0) is 12.6. The van der Waals surface area contributed by atoms with Gasteiger partial charge >= 0.3 is 0 Å². The van der Waals surface area contributed by atoms with E-state index < -0.39 is 0 Å². The molecule has 0 unspecified atom stereocenters. The van der Waals surface area contributed by atoms with Gasteiger partial charge in [-0.3, -0.25) is 0 Å². The zero-order valence-corrected chi connectivity index (χ0v) is 11.3. The molecule has 0 aliphatic heterocycles. The molecule has 1 aromatic heterocycles. The molecule has 0 atom stereocenters. The summed E-state index contributed by atoms with van der Waals surface area (Å²) in [6, 6.07) is 5.30. The van der Waals surface area contributed by atoms with Crippen LogP contribution in [0.3, 0.4) is 0 Å². The van der Waals surface area contributed by atoms with Gasteiger partial charge in [0, 0.05) is 10.0 Å². The minimum atomic E-state index is 0.440. The Kier molecular flexibility index (Phi) is 3.52. The number of aromatic nitrogens is 2. The van der Waals surface area contributed by atoms with Gasteiger partial charge in [0.2, 0.25) is 0 Å². The van der Waals surface area contributed by atoms with Gasteiger partial charge in [0.05, 0.1) is 12.2 Å². The van der Waals surface area contributed by atoms with Crippen molar-refractivity contribution >= 4 is 40.6 Å². The van der Waals surface area contributed by atoms with Crippen LogP contribution >= 0.6 is 34.8 Å². The summed E-state index contributed by atoms with van der Waals surface area (Å²) in [4.78, 5) is 0. The Hall–Kier alpha value is -0.900. The first kappa shape index (κ1) is 12.6. The van der Waals surface area contributed by atoms with Crippen molar-refractivity contribution in [2.24, 2.45) is 0 Å². The molecule has 0 aliphatic carbocycles. The second-order valence-electron chi connectivity index (χ2n) is 3.68. The molecule has 0 saturated heterocycles. The van der Waals surface area contributed by atoms with Crippen molar-refractivity contribution in [3.05, 3.63) is 44.5 Å². The van der Waals surface area contributed by atoms with E-state index in [0.29, 0.717) is 33.1 Å². The fraction of sp³-hybridized carbons (Fsp3) is 0.182. The van der Waals surface area contributed by atoms with Crippen molar-refractivity contribution in [3.63, 3.8) is 0 Å². The predicted molar refractivity (Wildman–Crippen MR) is 72.0 cm³/mol. The molecule has 1 heterocycles. The fourth-order valence-electron chi connectivity index (χ4n) is 1.51. The van der Waals surface area contributed by atoms with Crippen LogP contribution in [0.5, 0.6) is 0 Å². The highest BCUT2D eigenvalue weighted by molar-refractivity contribution is 6.35. The van der Waals surface area contributed by atoms with Crippen molar-refractivity contribution in [2.45, 2.75) is 13.5 Å². The number of nitrogens with zero attached hydrogens (tertiary/aromatic N) is 2. The number of hydrogen-bond donors (Lipinski definition) is 1. The lowest BCUT2D eigenvalue weighted by Crippen LogP contribution is -2.06. The minimum absolute atomic E-state index is 0.440. The Morgan fingerprint density at radius 2 is 2.00 bits per heavy atom. The lowest BCUT2D eigenvalue weighted by molar-refractivity contribution is 0.689. The molecule has 90 valence electrons. The standard InChI is InChI=1S/C11H10Cl3N3/c1-6-10(14)11(15)17(16-6)5-7-2-3-8(12)4-9(7)13/h2-4H,5,15H2,1H3. The number of nitrogens with two attached hydrogens (primary N) is 1. The van der Waals surface area contributed by atoms with Crippen LogP contribution in [0, 0.1) is 6.92 Å². The molecular weight excluding hydrogens is 281 g/mol. The van der Waals surface area contributed by atoms with Crippen LogP contribution in [0.4, 0.5) is 5.82 Å². The summed E-state index contributed by atoms with van der Waals surface area (Å²) < 4.78 is 1.62. The van der Waals surface area contributed by atoms with E-state index in [1.165, 1.54) is 0 Å². The summed E-state index contributed by atoms with van der Waals surface area (Å²) in [5.41, 5.74) is 7.42. The molecule has 6 heteroatoms. The highest BCUT2D eigenvalue weighted by Gasteiger charge is 2.11. The third-order valence-corrected chi connectivity index (χ3v) is 3.48. The first-order chi connectivity index (χ1) is 7.99. The van der Waals surface area contributed by atoms with E-state index in [-0.39, 0.29) is 0 Å². The number of nitrogen functional groups attached to an aromatic ring is 1. The average Bonchev–Trinajstić information content (AvgIpc) is 2.50. The Bertz CT molecular complexity index is 563. The summed E-state index contributed by atoms with van der Waals surface area (Å²) >= 11 is 17.9. The Morgan fingerprint density at radius 1 is 1.29 bits per heavy atom. The lowest BCUT2D eigenvalue weighted by Gasteiger charge is -2.06. The molecule has 0 amide bonds. The minimum Gasteiger partial charge on any atom is -0.383 e. The molecular formula is C11H10Cl3N3. The number of aryl methyl sites for hydroxylation is 1. The van der Waals surface area contributed by atoms with Crippen molar-refractivity contribution in [3.8, 4) is 0 Å². The summed E-state index contributed by atoms with van der Waals surface area (Å²) in [6.07, 6.45) is 0. The smallest absolute Gasteiger partial charge is 0.141 e. The van der Waals surface area contributed by atoms with Gasteiger partial charge in [0.15, 0.2) is 0 Å². The number of rotatable bonds is 2. The molecule has 0 aliphatic rings. The molecule has 2 aromatic rings. The number of anilines is 1. The molecule has 0 radical (unpaired) electrons. The Labute approximate surface area is 114 Å². The molecule has 0 saturated carbocycles. The van der Waals surface area contributed by atoms with Crippen LogP contribution in [0.25, 0.3) is 0 Å². The molecule has 0 spiro atoms. The quantitative estimate of drug-likeness (QED) is 0.914. The van der Waals surface area contributed by atoms with Crippen molar-refractivity contribution in [1.82, 2.24) is 9.78 Å². The fourth-order valence-corrected chi connectivity index (χ4v) is 2.11. The SMILES string of the molecule is Cc1nn(Cc2ccc(Cl)cc2Cl)c(N)c1Cl. The third kappa shape index (κ3) is 2.51. The van der Waals surface area contributed by atoms with Crippen LogP contribution in [0.1, 0.15) is 11.3 Å². The van der Waals surface area contributed by atoms with E-state index in [2.05, 4.69) is 5.10 Å². The molecule has 0 bridgehead atoms. The molecule has 2 N–H and O–H groups in total. The second-order valence-corrected chi connectivity index (χ2v) is 4.90. The van der Waals surface area contributed by atoms with Gasteiger partial charge in [-0.1, -0.05) is 40.9 Å². The maximum absolute atomic E-state index is 6.08. The van der Waals surface area contributed by atoms with E-state index in [1.54, 1.807) is 23.7 Å². The molecule has 2 rings (SSSR count). The van der Waals surface area contributed by atoms with Gasteiger partial charge in [-0.25, -0.2) is 4.68 Å². The van der Waals surface area contributed by atoms with Gasteiger partial charge in [-0.15, -0.1) is 0 Å². The van der Waals surface area contributed by atoms with Crippen molar-refractivity contribution in [2.75, 3.05) is 5.73 Å². The lowest BCUT2D eigenvalue weighted by atomic mass is 10.2. The van der Waals surface area contributed by atoms with E-state index >= 15 is 0 Å². The molecule has 0 fully saturated rings. The highest BCUT2D eigenvalue weighted by Crippen LogP contribution is 2.26. The largest absolute Gasteiger partial charge is 0.383 e. The van der Waals surface area contributed by atoms with Crippen LogP contribution in [-0.2, 0) is 6.54 Å². The van der Waals surface area contributed by atoms with E-state index in [0.717, 1.165) is 5.56 Å². The number of benzene rings is 1. The van der Waals surface area contributed by atoms with E-state index in [4.69, 9.17) is 40.5 Å². The monoisotopic (exact) mass is 289 g/mol. The topological polar surface area (TPSA) is 43.8 Å². The highest BCUT2D eigenvalue weighted by atomic mass is 35.5. The first-order valence-corrected chi connectivity index (χ1v) is 6.04. The van der Waals surface area contributed by atoms with Gasteiger partial charge in [0.25, 0.3) is 0 Å². The zero-order valence-electron chi connectivity index (χ0n) is 9.04. The van der Waals surface area contributed by atoms with Crippen LogP contribution in [-0.4, -0.2) is 9.78 Å².